The van der Waals surface area contributed by atoms with E-state index in [0.717, 1.165) is 12.0 Å². The average molecular weight is 264 g/mol. The Hall–Kier alpha value is -1.43. The van der Waals surface area contributed by atoms with Crippen molar-refractivity contribution in [3.8, 4) is 0 Å². The summed E-state index contributed by atoms with van der Waals surface area (Å²) in [4.78, 5) is 12.1. The lowest BCUT2D eigenvalue weighted by atomic mass is 10.0. The zero-order valence-electron chi connectivity index (χ0n) is 11.1. The van der Waals surface area contributed by atoms with E-state index in [1.165, 1.54) is 0 Å². The lowest BCUT2D eigenvalue weighted by Gasteiger charge is -2.25. The van der Waals surface area contributed by atoms with Crippen LogP contribution in [-0.2, 0) is 16.0 Å². The Labute approximate surface area is 113 Å². The summed E-state index contributed by atoms with van der Waals surface area (Å²) in [6, 6.07) is 7.32. The Balaban J connectivity index is 1.97. The minimum atomic E-state index is -0.388. The molecule has 5 nitrogen and oxygen atoms in total. The van der Waals surface area contributed by atoms with Crippen LogP contribution in [-0.4, -0.2) is 38.4 Å². The van der Waals surface area contributed by atoms with Crippen LogP contribution in [0.2, 0.25) is 0 Å². The van der Waals surface area contributed by atoms with Crippen LogP contribution in [0.5, 0.6) is 0 Å². The molecule has 2 rings (SSSR count). The van der Waals surface area contributed by atoms with Gasteiger partial charge in [0.05, 0.1) is 6.61 Å². The zero-order chi connectivity index (χ0) is 13.7. The van der Waals surface area contributed by atoms with Crippen LogP contribution in [0.3, 0.4) is 0 Å². The second kappa shape index (κ2) is 6.14. The molecule has 3 N–H and O–H groups in total. The summed E-state index contributed by atoms with van der Waals surface area (Å²) in [6.45, 7) is 2.07. The van der Waals surface area contributed by atoms with E-state index in [-0.39, 0.29) is 11.5 Å². The first kappa shape index (κ1) is 14.0. The molecule has 1 heterocycles. The molecule has 0 saturated carbocycles. The van der Waals surface area contributed by atoms with Gasteiger partial charge in [-0.2, -0.15) is 0 Å². The molecule has 1 fully saturated rings. The molecule has 0 bridgehead atoms. The maximum absolute atomic E-state index is 12.1. The van der Waals surface area contributed by atoms with Crippen LogP contribution >= 0.6 is 0 Å². The number of nitrogens with two attached hydrogens (primary N) is 1. The number of benzene rings is 1. The molecule has 1 amide bonds. The van der Waals surface area contributed by atoms with Crippen molar-refractivity contribution in [2.24, 2.45) is 5.73 Å². The molecule has 0 aliphatic carbocycles. The number of methoxy groups -OCH3 is 1. The van der Waals surface area contributed by atoms with Gasteiger partial charge >= 0.3 is 0 Å². The topological polar surface area (TPSA) is 73.6 Å². The molecule has 104 valence electrons. The number of ether oxygens (including phenoxy) is 2. The van der Waals surface area contributed by atoms with Crippen LogP contribution in [0, 0.1) is 0 Å². The third kappa shape index (κ3) is 3.32. The summed E-state index contributed by atoms with van der Waals surface area (Å²) in [6.07, 6.45) is 0.798. The minimum absolute atomic E-state index is 0.112. The van der Waals surface area contributed by atoms with Crippen molar-refractivity contribution >= 4 is 5.91 Å². The van der Waals surface area contributed by atoms with E-state index in [0.29, 0.717) is 31.9 Å². The number of carbonyl (C=O) groups is 1. The molecule has 5 heteroatoms. The summed E-state index contributed by atoms with van der Waals surface area (Å²) < 4.78 is 10.8. The quantitative estimate of drug-likeness (QED) is 0.820. The highest BCUT2D eigenvalue weighted by Crippen LogP contribution is 2.21. The molecule has 0 radical (unpaired) electrons. The lowest BCUT2D eigenvalue weighted by Crippen LogP contribution is -2.45. The van der Waals surface area contributed by atoms with Crippen LogP contribution in [0.25, 0.3) is 0 Å². The van der Waals surface area contributed by atoms with Crippen molar-refractivity contribution in [3.05, 3.63) is 35.4 Å². The monoisotopic (exact) mass is 264 g/mol. The third-order valence-electron chi connectivity index (χ3n) is 3.50. The van der Waals surface area contributed by atoms with E-state index < -0.39 is 0 Å². The van der Waals surface area contributed by atoms with Gasteiger partial charge in [-0.05, 0) is 17.7 Å². The van der Waals surface area contributed by atoms with Gasteiger partial charge in [0.25, 0.3) is 5.91 Å². The molecule has 0 spiro atoms. The molecule has 1 saturated heterocycles. The van der Waals surface area contributed by atoms with E-state index in [2.05, 4.69) is 5.32 Å². The summed E-state index contributed by atoms with van der Waals surface area (Å²) in [7, 11) is 1.65. The van der Waals surface area contributed by atoms with Gasteiger partial charge in [-0.15, -0.1) is 0 Å². The van der Waals surface area contributed by atoms with Gasteiger partial charge < -0.3 is 20.5 Å². The average Bonchev–Trinajstić information content (AvgIpc) is 2.94. The maximum atomic E-state index is 12.1. The Kier molecular flexibility index (Phi) is 4.52. The number of carbonyl (C=O) groups excluding carboxylic acids is 1. The van der Waals surface area contributed by atoms with E-state index in [1.54, 1.807) is 19.2 Å². The summed E-state index contributed by atoms with van der Waals surface area (Å²) in [5.41, 5.74) is 6.74. The van der Waals surface area contributed by atoms with Crippen molar-refractivity contribution in [1.82, 2.24) is 5.32 Å². The maximum Gasteiger partial charge on any atom is 0.251 e. The number of amides is 1. The fourth-order valence-electron chi connectivity index (χ4n) is 2.14. The van der Waals surface area contributed by atoms with Crippen molar-refractivity contribution in [2.45, 2.75) is 18.6 Å². The number of rotatable bonds is 5. The van der Waals surface area contributed by atoms with Crippen LogP contribution in [0.4, 0.5) is 0 Å². The van der Waals surface area contributed by atoms with Crippen molar-refractivity contribution in [1.29, 1.82) is 0 Å². The van der Waals surface area contributed by atoms with Gasteiger partial charge in [0.2, 0.25) is 0 Å². The predicted molar refractivity (Wildman–Crippen MR) is 71.8 cm³/mol. The van der Waals surface area contributed by atoms with E-state index >= 15 is 0 Å². The second-order valence-electron chi connectivity index (χ2n) is 4.78. The molecule has 1 aromatic rings. The minimum Gasteiger partial charge on any atom is -0.378 e. The predicted octanol–water partition coefficient (Wildman–Crippen LogP) is 0.681. The summed E-state index contributed by atoms with van der Waals surface area (Å²) in [5.74, 6) is -0.112. The molecule has 1 aliphatic heterocycles. The molecular weight excluding hydrogens is 244 g/mol. The van der Waals surface area contributed by atoms with Gasteiger partial charge in [-0.1, -0.05) is 12.1 Å². The fraction of sp³-hybridized carbons (Fsp3) is 0.500. The second-order valence-corrected chi connectivity index (χ2v) is 4.78. The highest BCUT2D eigenvalue weighted by atomic mass is 16.5. The first-order valence-corrected chi connectivity index (χ1v) is 6.39. The Bertz CT molecular complexity index is 442. The first-order valence-electron chi connectivity index (χ1n) is 6.39. The number of hydrogen-bond acceptors (Lipinski definition) is 4. The molecular formula is C14H20N2O3. The number of hydrogen-bond donors (Lipinski definition) is 2. The van der Waals surface area contributed by atoms with Crippen molar-refractivity contribution < 1.29 is 14.3 Å². The Morgan fingerprint density at radius 1 is 1.58 bits per heavy atom. The largest absolute Gasteiger partial charge is 0.378 e. The SMILES string of the molecule is COC1(CNC(=O)c2cccc(CN)c2)CCOC1. The van der Waals surface area contributed by atoms with Gasteiger partial charge in [0.15, 0.2) is 0 Å². The van der Waals surface area contributed by atoms with Gasteiger partial charge in [-0.3, -0.25) is 4.79 Å². The van der Waals surface area contributed by atoms with Crippen LogP contribution < -0.4 is 11.1 Å². The fourth-order valence-corrected chi connectivity index (χ4v) is 2.14. The molecule has 0 aromatic heterocycles. The molecule has 1 atom stereocenters. The lowest BCUT2D eigenvalue weighted by molar-refractivity contribution is -0.0148. The van der Waals surface area contributed by atoms with Crippen molar-refractivity contribution in [3.63, 3.8) is 0 Å². The van der Waals surface area contributed by atoms with Crippen molar-refractivity contribution in [2.75, 3.05) is 26.9 Å². The highest BCUT2D eigenvalue weighted by Gasteiger charge is 2.35. The highest BCUT2D eigenvalue weighted by molar-refractivity contribution is 5.94. The van der Waals surface area contributed by atoms with E-state index in [1.807, 2.05) is 12.1 Å². The Morgan fingerprint density at radius 2 is 2.42 bits per heavy atom. The standard InChI is InChI=1S/C14H20N2O3/c1-18-14(5-6-19-10-14)9-16-13(17)12-4-2-3-11(7-12)8-15/h2-4,7H,5-6,8-10,15H2,1H3,(H,16,17). The number of nitrogens with one attached hydrogen (secondary N) is 1. The Morgan fingerprint density at radius 3 is 3.05 bits per heavy atom. The molecule has 19 heavy (non-hydrogen) atoms. The summed E-state index contributed by atoms with van der Waals surface area (Å²) >= 11 is 0. The molecule has 1 aliphatic rings. The normalized spacial score (nSPS) is 22.4. The first-order chi connectivity index (χ1) is 9.19. The van der Waals surface area contributed by atoms with Crippen LogP contribution in [0.15, 0.2) is 24.3 Å². The third-order valence-corrected chi connectivity index (χ3v) is 3.50. The zero-order valence-corrected chi connectivity index (χ0v) is 11.1. The van der Waals surface area contributed by atoms with E-state index in [9.17, 15) is 4.79 Å². The van der Waals surface area contributed by atoms with Gasteiger partial charge in [0.1, 0.15) is 5.60 Å². The molecule has 1 aromatic carbocycles. The van der Waals surface area contributed by atoms with Gasteiger partial charge in [-0.25, -0.2) is 0 Å². The van der Waals surface area contributed by atoms with Gasteiger partial charge in [0, 0.05) is 38.8 Å². The smallest absolute Gasteiger partial charge is 0.251 e. The van der Waals surface area contributed by atoms with E-state index in [4.69, 9.17) is 15.2 Å². The van der Waals surface area contributed by atoms with Crippen LogP contribution in [0.1, 0.15) is 22.3 Å². The molecule has 1 unspecified atom stereocenters. The summed E-state index contributed by atoms with van der Waals surface area (Å²) in [5, 5.41) is 2.90.